The van der Waals surface area contributed by atoms with Crippen molar-refractivity contribution in [2.45, 2.75) is 39.7 Å². The van der Waals surface area contributed by atoms with Crippen LogP contribution in [0, 0.1) is 12.8 Å². The third kappa shape index (κ3) is 5.47. The number of rotatable bonds is 7. The van der Waals surface area contributed by atoms with Crippen molar-refractivity contribution in [3.8, 4) is 0 Å². The molecule has 1 aromatic heterocycles. The van der Waals surface area contributed by atoms with E-state index in [1.165, 1.54) is 12.8 Å². The minimum Gasteiger partial charge on any atom is -0.338 e. The molecule has 1 unspecified atom stereocenters. The Morgan fingerprint density at radius 1 is 1.62 bits per heavy atom. The lowest BCUT2D eigenvalue weighted by Gasteiger charge is -2.26. The van der Waals surface area contributed by atoms with Gasteiger partial charge in [0.1, 0.15) is 0 Å². The van der Waals surface area contributed by atoms with Gasteiger partial charge in [0.2, 0.25) is 11.8 Å². The SMILES string of the molecule is Cc1cc(NC(=O)CN(CC(C)C)CC2CCCN2)on1. The summed E-state index contributed by atoms with van der Waals surface area (Å²) in [6.45, 7) is 9.48. The Balaban J connectivity index is 1.85. The van der Waals surface area contributed by atoms with Gasteiger partial charge in [0, 0.05) is 25.2 Å². The second kappa shape index (κ2) is 7.56. The maximum absolute atomic E-state index is 12.1. The monoisotopic (exact) mass is 294 g/mol. The van der Waals surface area contributed by atoms with Crippen LogP contribution < -0.4 is 10.6 Å². The zero-order valence-corrected chi connectivity index (χ0v) is 13.2. The lowest BCUT2D eigenvalue weighted by Crippen LogP contribution is -2.43. The molecule has 2 rings (SSSR count). The maximum Gasteiger partial charge on any atom is 0.240 e. The van der Waals surface area contributed by atoms with Gasteiger partial charge in [-0.15, -0.1) is 0 Å². The Morgan fingerprint density at radius 3 is 3.00 bits per heavy atom. The van der Waals surface area contributed by atoms with E-state index in [1.54, 1.807) is 6.07 Å². The Bertz CT molecular complexity index is 452. The Labute approximate surface area is 126 Å². The molecule has 0 bridgehead atoms. The summed E-state index contributed by atoms with van der Waals surface area (Å²) < 4.78 is 5.02. The van der Waals surface area contributed by atoms with Gasteiger partial charge in [0.15, 0.2) is 0 Å². The fourth-order valence-electron chi connectivity index (χ4n) is 2.75. The number of aromatic nitrogens is 1. The van der Waals surface area contributed by atoms with Crippen molar-refractivity contribution in [3.63, 3.8) is 0 Å². The van der Waals surface area contributed by atoms with Crippen molar-refractivity contribution in [3.05, 3.63) is 11.8 Å². The molecule has 0 radical (unpaired) electrons. The average molecular weight is 294 g/mol. The molecule has 1 atom stereocenters. The zero-order chi connectivity index (χ0) is 15.2. The predicted molar refractivity (Wildman–Crippen MR) is 82.2 cm³/mol. The van der Waals surface area contributed by atoms with Crippen LogP contribution in [-0.2, 0) is 4.79 Å². The third-order valence-electron chi connectivity index (χ3n) is 3.52. The first-order valence-electron chi connectivity index (χ1n) is 7.72. The van der Waals surface area contributed by atoms with Crippen molar-refractivity contribution in [2.75, 3.05) is 31.5 Å². The molecule has 0 aromatic carbocycles. The van der Waals surface area contributed by atoms with E-state index >= 15 is 0 Å². The molecule has 1 aromatic rings. The summed E-state index contributed by atoms with van der Waals surface area (Å²) in [5.41, 5.74) is 0.763. The number of anilines is 1. The van der Waals surface area contributed by atoms with Crippen molar-refractivity contribution in [2.24, 2.45) is 5.92 Å². The molecule has 2 N–H and O–H groups in total. The highest BCUT2D eigenvalue weighted by atomic mass is 16.5. The first-order valence-corrected chi connectivity index (χ1v) is 7.72. The van der Waals surface area contributed by atoms with Crippen LogP contribution in [0.25, 0.3) is 0 Å². The van der Waals surface area contributed by atoms with Crippen LogP contribution in [0.1, 0.15) is 32.4 Å². The number of hydrogen-bond donors (Lipinski definition) is 2. The normalized spacial score (nSPS) is 18.6. The lowest BCUT2D eigenvalue weighted by molar-refractivity contribution is -0.117. The number of nitrogens with one attached hydrogen (secondary N) is 2. The summed E-state index contributed by atoms with van der Waals surface area (Å²) >= 11 is 0. The smallest absolute Gasteiger partial charge is 0.240 e. The summed E-state index contributed by atoms with van der Waals surface area (Å²) in [4.78, 5) is 14.3. The molecule has 1 saturated heterocycles. The number of hydrogen-bond acceptors (Lipinski definition) is 5. The van der Waals surface area contributed by atoms with Gasteiger partial charge < -0.3 is 9.84 Å². The van der Waals surface area contributed by atoms with Crippen molar-refractivity contribution < 1.29 is 9.32 Å². The van der Waals surface area contributed by atoms with Gasteiger partial charge in [0.05, 0.1) is 12.2 Å². The maximum atomic E-state index is 12.1. The van der Waals surface area contributed by atoms with E-state index in [-0.39, 0.29) is 5.91 Å². The molecule has 1 fully saturated rings. The topological polar surface area (TPSA) is 70.4 Å². The molecule has 21 heavy (non-hydrogen) atoms. The van der Waals surface area contributed by atoms with Gasteiger partial charge in [0.25, 0.3) is 0 Å². The van der Waals surface area contributed by atoms with Crippen LogP contribution in [0.5, 0.6) is 0 Å². The van der Waals surface area contributed by atoms with E-state index in [9.17, 15) is 4.79 Å². The largest absolute Gasteiger partial charge is 0.338 e. The first kappa shape index (κ1) is 16.0. The number of amides is 1. The molecule has 0 saturated carbocycles. The van der Waals surface area contributed by atoms with Crippen LogP contribution in [0.3, 0.4) is 0 Å². The lowest BCUT2D eigenvalue weighted by atomic mass is 10.1. The van der Waals surface area contributed by atoms with E-state index < -0.39 is 0 Å². The van der Waals surface area contributed by atoms with Crippen molar-refractivity contribution in [1.82, 2.24) is 15.4 Å². The fourth-order valence-corrected chi connectivity index (χ4v) is 2.75. The summed E-state index contributed by atoms with van der Waals surface area (Å²) in [7, 11) is 0. The zero-order valence-electron chi connectivity index (χ0n) is 13.2. The molecule has 6 heteroatoms. The van der Waals surface area contributed by atoms with Crippen LogP contribution >= 0.6 is 0 Å². The van der Waals surface area contributed by atoms with Crippen LogP contribution in [0.15, 0.2) is 10.6 Å². The summed E-state index contributed by atoms with van der Waals surface area (Å²) in [6, 6.07) is 2.23. The van der Waals surface area contributed by atoms with Crippen LogP contribution in [0.2, 0.25) is 0 Å². The minimum absolute atomic E-state index is 0.0511. The van der Waals surface area contributed by atoms with Crippen LogP contribution in [0.4, 0.5) is 5.88 Å². The molecular formula is C15H26N4O2. The van der Waals surface area contributed by atoms with Crippen molar-refractivity contribution >= 4 is 11.8 Å². The number of aryl methyl sites for hydroxylation is 1. The molecule has 118 valence electrons. The van der Waals surface area contributed by atoms with Gasteiger partial charge >= 0.3 is 0 Å². The second-order valence-corrected chi connectivity index (χ2v) is 6.26. The number of carbonyl (C=O) groups is 1. The van der Waals surface area contributed by atoms with Gasteiger partial charge in [-0.1, -0.05) is 19.0 Å². The van der Waals surface area contributed by atoms with Crippen LogP contribution in [-0.4, -0.2) is 48.2 Å². The highest BCUT2D eigenvalue weighted by Crippen LogP contribution is 2.11. The summed E-state index contributed by atoms with van der Waals surface area (Å²) in [5.74, 6) is 0.900. The van der Waals surface area contributed by atoms with E-state index in [0.717, 1.165) is 25.3 Å². The Hall–Kier alpha value is -1.40. The number of nitrogens with zero attached hydrogens (tertiary/aromatic N) is 2. The minimum atomic E-state index is -0.0511. The Morgan fingerprint density at radius 2 is 2.43 bits per heavy atom. The summed E-state index contributed by atoms with van der Waals surface area (Å²) in [5, 5.41) is 10.0. The van der Waals surface area contributed by atoms with E-state index in [1.807, 2.05) is 6.92 Å². The second-order valence-electron chi connectivity index (χ2n) is 6.26. The molecule has 2 heterocycles. The quantitative estimate of drug-likeness (QED) is 0.800. The van der Waals surface area contributed by atoms with Gasteiger partial charge in [-0.2, -0.15) is 0 Å². The molecule has 1 aliphatic heterocycles. The fraction of sp³-hybridized carbons (Fsp3) is 0.733. The standard InChI is InChI=1S/C15H26N4O2/c1-11(2)8-19(9-13-5-4-6-16-13)10-14(20)17-15-7-12(3)18-21-15/h7,11,13,16H,4-6,8-10H2,1-3H3,(H,17,20). The van der Waals surface area contributed by atoms with Gasteiger partial charge in [-0.3, -0.25) is 15.0 Å². The third-order valence-corrected chi connectivity index (χ3v) is 3.52. The van der Waals surface area contributed by atoms with E-state index in [4.69, 9.17) is 4.52 Å². The molecular weight excluding hydrogens is 268 g/mol. The first-order chi connectivity index (χ1) is 10.0. The highest BCUT2D eigenvalue weighted by Gasteiger charge is 2.20. The molecule has 1 aliphatic rings. The molecule has 6 nitrogen and oxygen atoms in total. The van der Waals surface area contributed by atoms with Crippen molar-refractivity contribution in [1.29, 1.82) is 0 Å². The van der Waals surface area contributed by atoms with E-state index in [0.29, 0.717) is 24.4 Å². The van der Waals surface area contributed by atoms with E-state index in [2.05, 4.69) is 34.5 Å². The van der Waals surface area contributed by atoms with Gasteiger partial charge in [-0.25, -0.2) is 0 Å². The predicted octanol–water partition coefficient (Wildman–Crippen LogP) is 1.63. The average Bonchev–Trinajstić information content (AvgIpc) is 3.00. The summed E-state index contributed by atoms with van der Waals surface area (Å²) in [6.07, 6.45) is 2.42. The molecule has 0 spiro atoms. The highest BCUT2D eigenvalue weighted by molar-refractivity contribution is 5.90. The molecule has 1 amide bonds. The number of carbonyl (C=O) groups excluding carboxylic acids is 1. The Kier molecular flexibility index (Phi) is 5.76. The molecule has 0 aliphatic carbocycles. The van der Waals surface area contributed by atoms with Gasteiger partial charge in [-0.05, 0) is 32.2 Å².